The first-order valence-electron chi connectivity index (χ1n) is 4.65. The van der Waals surface area contributed by atoms with E-state index in [1.165, 1.54) is 0 Å². The summed E-state index contributed by atoms with van der Waals surface area (Å²) in [5, 5.41) is 10.9. The van der Waals surface area contributed by atoms with Crippen molar-refractivity contribution in [3.05, 3.63) is 42.0 Å². The maximum Gasteiger partial charge on any atom is 1.00 e. The molecule has 0 N–H and O–H groups in total. The van der Waals surface area contributed by atoms with Crippen molar-refractivity contribution in [2.75, 3.05) is 0 Å². The Bertz CT molecular complexity index is 531. The van der Waals surface area contributed by atoms with Gasteiger partial charge in [-0.15, -0.1) is 0 Å². The minimum Gasteiger partial charge on any atom is -0.543 e. The van der Waals surface area contributed by atoms with Gasteiger partial charge >= 0.3 is 51.4 Å². The van der Waals surface area contributed by atoms with E-state index in [1.54, 1.807) is 37.5 Å². The van der Waals surface area contributed by atoms with Gasteiger partial charge in [-0.05, 0) is 25.1 Å². The number of carboxylic acid groups (broad SMARTS) is 1. The monoisotopic (exact) mass is 253 g/mol. The molecule has 0 fully saturated rings. The molecule has 0 unspecified atom stereocenters. The third-order valence-electron chi connectivity index (χ3n) is 2.03. The molecular weight excluding hydrogens is 245 g/mol. The second-order valence-electron chi connectivity index (χ2n) is 3.21. The van der Waals surface area contributed by atoms with Crippen LogP contribution in [0.4, 0.5) is 0 Å². The minimum absolute atomic E-state index is 0. The quantitative estimate of drug-likeness (QED) is 0.541. The van der Waals surface area contributed by atoms with Gasteiger partial charge in [0.05, 0.1) is 11.7 Å². The van der Waals surface area contributed by atoms with Crippen LogP contribution >= 0.6 is 0 Å². The normalized spacial score (nSPS) is 9.47. The summed E-state index contributed by atoms with van der Waals surface area (Å²) >= 11 is 0. The van der Waals surface area contributed by atoms with Gasteiger partial charge < -0.3 is 9.90 Å². The second-order valence-corrected chi connectivity index (χ2v) is 3.21. The second kappa shape index (κ2) is 6.32. The number of hydrogen-bond donors (Lipinski definition) is 0. The Balaban J connectivity index is 0.00000144. The fourth-order valence-electron chi connectivity index (χ4n) is 1.33. The molecule has 2 aromatic rings. The largest absolute Gasteiger partial charge is 1.00 e. The standard InChI is InChI=1S/C11H9N3O2.K/c1-7-3-4-8(9(14-7)11(15)16)10-12-5-2-6-13-10;/h2-6H,1H3,(H,15,16);/q;+1/p-1. The van der Waals surface area contributed by atoms with Gasteiger partial charge in [-0.2, -0.15) is 0 Å². The molecule has 6 heteroatoms. The molecule has 0 saturated carbocycles. The molecule has 0 aliphatic heterocycles. The van der Waals surface area contributed by atoms with Crippen LogP contribution in [0.25, 0.3) is 11.4 Å². The number of hydrogen-bond acceptors (Lipinski definition) is 5. The first-order valence-corrected chi connectivity index (χ1v) is 4.65. The average molecular weight is 253 g/mol. The van der Waals surface area contributed by atoms with Crippen LogP contribution < -0.4 is 56.5 Å². The van der Waals surface area contributed by atoms with Crippen LogP contribution in [0.2, 0.25) is 0 Å². The van der Waals surface area contributed by atoms with Crippen molar-refractivity contribution in [3.63, 3.8) is 0 Å². The van der Waals surface area contributed by atoms with Gasteiger partial charge in [0.25, 0.3) is 0 Å². The van der Waals surface area contributed by atoms with Gasteiger partial charge in [-0.25, -0.2) is 9.97 Å². The van der Waals surface area contributed by atoms with Crippen molar-refractivity contribution in [2.24, 2.45) is 0 Å². The van der Waals surface area contributed by atoms with Crippen molar-refractivity contribution in [1.29, 1.82) is 0 Å². The Labute approximate surface area is 141 Å². The molecule has 0 atom stereocenters. The maximum atomic E-state index is 10.9. The third kappa shape index (κ3) is 3.40. The minimum atomic E-state index is -1.33. The fourth-order valence-corrected chi connectivity index (χ4v) is 1.33. The Morgan fingerprint density at radius 3 is 2.47 bits per heavy atom. The Morgan fingerprint density at radius 1 is 1.24 bits per heavy atom. The number of carboxylic acids is 1. The Hall–Kier alpha value is -0.664. The SMILES string of the molecule is Cc1ccc(-c2ncccn2)c(C(=O)[O-])n1.[K+]. The van der Waals surface area contributed by atoms with Crippen molar-refractivity contribution in [1.82, 2.24) is 15.0 Å². The molecule has 2 rings (SSSR count). The number of rotatable bonds is 2. The van der Waals surface area contributed by atoms with E-state index in [0.717, 1.165) is 0 Å². The molecule has 0 aliphatic rings. The summed E-state index contributed by atoms with van der Waals surface area (Å²) in [6.07, 6.45) is 3.09. The van der Waals surface area contributed by atoms with Crippen LogP contribution in [0, 0.1) is 6.92 Å². The fraction of sp³-hybridized carbons (Fsp3) is 0.0909. The number of aromatic carboxylic acids is 1. The van der Waals surface area contributed by atoms with Gasteiger partial charge in [0.15, 0.2) is 5.82 Å². The summed E-state index contributed by atoms with van der Waals surface area (Å²) in [6, 6.07) is 4.99. The summed E-state index contributed by atoms with van der Waals surface area (Å²) < 4.78 is 0. The number of carbonyl (C=O) groups excluding carboxylic acids is 1. The number of carbonyl (C=O) groups is 1. The van der Waals surface area contributed by atoms with Gasteiger partial charge in [0.2, 0.25) is 0 Å². The van der Waals surface area contributed by atoms with E-state index in [1.807, 2.05) is 0 Å². The molecule has 2 heterocycles. The predicted molar refractivity (Wildman–Crippen MR) is 54.3 cm³/mol. The topological polar surface area (TPSA) is 78.8 Å². The van der Waals surface area contributed by atoms with Crippen LogP contribution in [0.15, 0.2) is 30.6 Å². The zero-order chi connectivity index (χ0) is 11.5. The molecule has 0 spiro atoms. The van der Waals surface area contributed by atoms with Crippen molar-refractivity contribution in [2.45, 2.75) is 6.92 Å². The van der Waals surface area contributed by atoms with Gasteiger partial charge in [-0.3, -0.25) is 4.98 Å². The smallest absolute Gasteiger partial charge is 0.543 e. The number of aryl methyl sites for hydroxylation is 1. The molecule has 17 heavy (non-hydrogen) atoms. The molecule has 0 saturated heterocycles. The van der Waals surface area contributed by atoms with Crippen LogP contribution in [-0.2, 0) is 0 Å². The summed E-state index contributed by atoms with van der Waals surface area (Å²) in [6.45, 7) is 1.71. The molecular formula is C11H8KN3O2. The summed E-state index contributed by atoms with van der Waals surface area (Å²) in [7, 11) is 0. The van der Waals surface area contributed by atoms with E-state index in [4.69, 9.17) is 0 Å². The number of aromatic nitrogens is 3. The molecule has 0 aliphatic carbocycles. The summed E-state index contributed by atoms with van der Waals surface area (Å²) in [5.74, 6) is -1.000. The van der Waals surface area contributed by atoms with E-state index in [2.05, 4.69) is 15.0 Å². The Morgan fingerprint density at radius 2 is 1.88 bits per heavy atom. The molecule has 2 aromatic heterocycles. The summed E-state index contributed by atoms with van der Waals surface area (Å²) in [4.78, 5) is 22.8. The van der Waals surface area contributed by atoms with E-state index >= 15 is 0 Å². The average Bonchev–Trinajstić information content (AvgIpc) is 2.30. The molecule has 0 aromatic carbocycles. The van der Waals surface area contributed by atoms with Crippen molar-refractivity contribution in [3.8, 4) is 11.4 Å². The zero-order valence-electron chi connectivity index (χ0n) is 9.54. The molecule has 5 nitrogen and oxygen atoms in total. The van der Waals surface area contributed by atoms with E-state index < -0.39 is 5.97 Å². The predicted octanol–water partition coefficient (Wildman–Crippen LogP) is -2.79. The summed E-state index contributed by atoms with van der Waals surface area (Å²) in [5.41, 5.74) is 0.844. The van der Waals surface area contributed by atoms with Crippen molar-refractivity contribution < 1.29 is 61.3 Å². The zero-order valence-corrected chi connectivity index (χ0v) is 12.7. The molecule has 0 bridgehead atoms. The van der Waals surface area contributed by atoms with Gasteiger partial charge in [0.1, 0.15) is 0 Å². The number of pyridine rings is 1. The molecule has 0 radical (unpaired) electrons. The molecule has 0 amide bonds. The molecule has 80 valence electrons. The van der Waals surface area contributed by atoms with Crippen LogP contribution in [-0.4, -0.2) is 20.9 Å². The third-order valence-corrected chi connectivity index (χ3v) is 2.03. The van der Waals surface area contributed by atoms with Crippen LogP contribution in [0.5, 0.6) is 0 Å². The van der Waals surface area contributed by atoms with E-state index in [0.29, 0.717) is 17.1 Å². The first kappa shape index (κ1) is 14.4. The van der Waals surface area contributed by atoms with Gasteiger partial charge in [0, 0.05) is 23.7 Å². The van der Waals surface area contributed by atoms with Crippen molar-refractivity contribution >= 4 is 5.97 Å². The van der Waals surface area contributed by atoms with Crippen LogP contribution in [0.1, 0.15) is 16.2 Å². The van der Waals surface area contributed by atoms with E-state index in [-0.39, 0.29) is 57.1 Å². The Kier molecular flexibility index (Phi) is 5.35. The van der Waals surface area contributed by atoms with Gasteiger partial charge in [-0.1, -0.05) is 0 Å². The van der Waals surface area contributed by atoms with Crippen LogP contribution in [0.3, 0.4) is 0 Å². The first-order chi connectivity index (χ1) is 7.68. The maximum absolute atomic E-state index is 10.9. The van der Waals surface area contributed by atoms with E-state index in [9.17, 15) is 9.90 Å². The number of nitrogens with zero attached hydrogens (tertiary/aromatic N) is 3.